The van der Waals surface area contributed by atoms with E-state index in [1.165, 1.54) is 18.5 Å². The van der Waals surface area contributed by atoms with Crippen LogP contribution in [-0.2, 0) is 0 Å². The molecule has 1 amide bonds. The lowest BCUT2D eigenvalue weighted by Crippen LogP contribution is -2.30. The fourth-order valence-corrected chi connectivity index (χ4v) is 1.81. The molecule has 0 aliphatic carbocycles. The lowest BCUT2D eigenvalue weighted by molar-refractivity contribution is 0.0929. The number of aromatic amines is 1. The van der Waals surface area contributed by atoms with Crippen molar-refractivity contribution in [1.82, 2.24) is 30.9 Å². The standard InChI is InChI=1S/C12H16N6O2/c1-7(2)3-10(11-15-17-18-16-11)14-12(20)8-4-9(19)6-13-5-8/h4-7,10,19H,3H2,1-2H3,(H,14,20)(H,15,16,17,18). The van der Waals surface area contributed by atoms with Crippen LogP contribution in [0.3, 0.4) is 0 Å². The van der Waals surface area contributed by atoms with Crippen LogP contribution in [-0.4, -0.2) is 36.6 Å². The first-order valence-electron chi connectivity index (χ1n) is 6.24. The third kappa shape index (κ3) is 3.50. The van der Waals surface area contributed by atoms with Gasteiger partial charge in [0.1, 0.15) is 5.75 Å². The number of hydrogen-bond acceptors (Lipinski definition) is 6. The number of pyridine rings is 1. The Hall–Kier alpha value is -2.51. The molecule has 8 heteroatoms. The van der Waals surface area contributed by atoms with Crippen LogP contribution in [0, 0.1) is 5.92 Å². The topological polar surface area (TPSA) is 117 Å². The first kappa shape index (κ1) is 13.9. The Bertz CT molecular complexity index is 569. The number of nitrogens with one attached hydrogen (secondary N) is 2. The third-order valence-corrected chi connectivity index (χ3v) is 2.67. The van der Waals surface area contributed by atoms with Crippen LogP contribution in [0.1, 0.15) is 42.5 Å². The van der Waals surface area contributed by atoms with Crippen LogP contribution >= 0.6 is 0 Å². The van der Waals surface area contributed by atoms with Crippen LogP contribution in [0.5, 0.6) is 5.75 Å². The molecule has 0 aliphatic heterocycles. The summed E-state index contributed by atoms with van der Waals surface area (Å²) in [6.07, 6.45) is 3.33. The van der Waals surface area contributed by atoms with Gasteiger partial charge in [-0.2, -0.15) is 5.21 Å². The van der Waals surface area contributed by atoms with Crippen LogP contribution < -0.4 is 5.32 Å². The number of tetrazole rings is 1. The number of aromatic nitrogens is 5. The van der Waals surface area contributed by atoms with E-state index in [4.69, 9.17) is 0 Å². The first-order valence-corrected chi connectivity index (χ1v) is 6.24. The summed E-state index contributed by atoms with van der Waals surface area (Å²) in [6.45, 7) is 4.07. The summed E-state index contributed by atoms with van der Waals surface area (Å²) in [4.78, 5) is 15.9. The third-order valence-electron chi connectivity index (χ3n) is 2.67. The molecule has 2 aromatic rings. The van der Waals surface area contributed by atoms with Crippen LogP contribution in [0.2, 0.25) is 0 Å². The Morgan fingerprint density at radius 3 is 2.85 bits per heavy atom. The van der Waals surface area contributed by atoms with Crippen molar-refractivity contribution in [2.24, 2.45) is 5.92 Å². The van der Waals surface area contributed by atoms with Gasteiger partial charge >= 0.3 is 0 Å². The molecular formula is C12H16N6O2. The summed E-state index contributed by atoms with van der Waals surface area (Å²) in [5.74, 6) is 0.378. The van der Waals surface area contributed by atoms with Gasteiger partial charge in [-0.3, -0.25) is 9.78 Å². The van der Waals surface area contributed by atoms with Crippen LogP contribution in [0.25, 0.3) is 0 Å². The van der Waals surface area contributed by atoms with Crippen molar-refractivity contribution in [2.75, 3.05) is 0 Å². The Morgan fingerprint density at radius 2 is 2.25 bits per heavy atom. The number of carbonyl (C=O) groups is 1. The van der Waals surface area contributed by atoms with E-state index in [1.807, 2.05) is 13.8 Å². The average Bonchev–Trinajstić information content (AvgIpc) is 2.91. The van der Waals surface area contributed by atoms with Gasteiger partial charge in [-0.05, 0) is 18.4 Å². The summed E-state index contributed by atoms with van der Waals surface area (Å²) >= 11 is 0. The van der Waals surface area contributed by atoms with Gasteiger partial charge in [0.05, 0.1) is 17.8 Å². The second kappa shape index (κ2) is 6.09. The minimum absolute atomic E-state index is 0.0578. The molecule has 0 radical (unpaired) electrons. The zero-order valence-electron chi connectivity index (χ0n) is 11.2. The highest BCUT2D eigenvalue weighted by atomic mass is 16.3. The SMILES string of the molecule is CC(C)CC(NC(=O)c1cncc(O)c1)c1nn[nH]n1. The van der Waals surface area contributed by atoms with Crippen molar-refractivity contribution < 1.29 is 9.90 Å². The number of aromatic hydroxyl groups is 1. The molecule has 0 spiro atoms. The lowest BCUT2D eigenvalue weighted by atomic mass is 10.0. The van der Waals surface area contributed by atoms with E-state index in [0.717, 1.165) is 0 Å². The average molecular weight is 276 g/mol. The van der Waals surface area contributed by atoms with E-state index in [1.54, 1.807) is 0 Å². The predicted octanol–water partition coefficient (Wildman–Crippen LogP) is 0.817. The lowest BCUT2D eigenvalue weighted by Gasteiger charge is -2.17. The van der Waals surface area contributed by atoms with Gasteiger partial charge in [-0.15, -0.1) is 10.2 Å². The molecule has 2 aromatic heterocycles. The van der Waals surface area contributed by atoms with E-state index in [0.29, 0.717) is 18.2 Å². The fourth-order valence-electron chi connectivity index (χ4n) is 1.81. The Kier molecular flexibility index (Phi) is 4.24. The highest BCUT2D eigenvalue weighted by molar-refractivity contribution is 5.94. The smallest absolute Gasteiger partial charge is 0.253 e. The quantitative estimate of drug-likeness (QED) is 0.744. The van der Waals surface area contributed by atoms with Crippen LogP contribution in [0.4, 0.5) is 0 Å². The zero-order valence-corrected chi connectivity index (χ0v) is 11.2. The fraction of sp³-hybridized carbons (Fsp3) is 0.417. The van der Waals surface area contributed by atoms with Gasteiger partial charge in [0, 0.05) is 6.20 Å². The maximum Gasteiger partial charge on any atom is 0.253 e. The molecule has 3 N–H and O–H groups in total. The molecule has 1 unspecified atom stereocenters. The molecule has 20 heavy (non-hydrogen) atoms. The van der Waals surface area contributed by atoms with E-state index < -0.39 is 0 Å². The van der Waals surface area contributed by atoms with Gasteiger partial charge in [0.2, 0.25) is 0 Å². The number of hydrogen-bond donors (Lipinski definition) is 3. The van der Waals surface area contributed by atoms with Crippen molar-refractivity contribution in [3.05, 3.63) is 29.8 Å². The predicted molar refractivity (Wildman–Crippen MR) is 69.7 cm³/mol. The number of amides is 1. The molecule has 0 bridgehead atoms. The summed E-state index contributed by atoms with van der Waals surface area (Å²) in [5, 5.41) is 25.9. The summed E-state index contributed by atoms with van der Waals surface area (Å²) in [7, 11) is 0. The van der Waals surface area contributed by atoms with Gasteiger partial charge in [0.25, 0.3) is 5.91 Å². The molecule has 2 heterocycles. The Labute approximate surface area is 115 Å². The van der Waals surface area contributed by atoms with Crippen molar-refractivity contribution in [2.45, 2.75) is 26.3 Å². The van der Waals surface area contributed by atoms with Gasteiger partial charge in [-0.1, -0.05) is 19.1 Å². The van der Waals surface area contributed by atoms with Gasteiger partial charge < -0.3 is 10.4 Å². The second-order valence-electron chi connectivity index (χ2n) is 4.86. The zero-order chi connectivity index (χ0) is 14.5. The normalized spacial score (nSPS) is 12.3. The number of H-pyrrole nitrogens is 1. The first-order chi connectivity index (χ1) is 9.56. The van der Waals surface area contributed by atoms with E-state index in [2.05, 4.69) is 30.9 Å². The molecule has 0 saturated carbocycles. The molecule has 0 fully saturated rings. The molecule has 2 rings (SSSR count). The Morgan fingerprint density at radius 1 is 1.45 bits per heavy atom. The second-order valence-corrected chi connectivity index (χ2v) is 4.86. The van der Waals surface area contributed by atoms with E-state index in [-0.39, 0.29) is 23.3 Å². The highest BCUT2D eigenvalue weighted by Gasteiger charge is 2.21. The van der Waals surface area contributed by atoms with E-state index in [9.17, 15) is 9.90 Å². The van der Waals surface area contributed by atoms with Crippen molar-refractivity contribution in [3.8, 4) is 5.75 Å². The van der Waals surface area contributed by atoms with Crippen molar-refractivity contribution in [3.63, 3.8) is 0 Å². The van der Waals surface area contributed by atoms with Gasteiger partial charge in [-0.25, -0.2) is 0 Å². The molecule has 1 atom stereocenters. The number of rotatable bonds is 5. The molecule has 0 aromatic carbocycles. The van der Waals surface area contributed by atoms with E-state index >= 15 is 0 Å². The van der Waals surface area contributed by atoms with Crippen LogP contribution in [0.15, 0.2) is 18.5 Å². The molecule has 0 saturated heterocycles. The highest BCUT2D eigenvalue weighted by Crippen LogP contribution is 2.18. The summed E-state index contributed by atoms with van der Waals surface area (Å²) in [5.41, 5.74) is 0.280. The molecule has 0 aliphatic rings. The molecule has 8 nitrogen and oxygen atoms in total. The van der Waals surface area contributed by atoms with Gasteiger partial charge in [0.15, 0.2) is 5.82 Å². The van der Waals surface area contributed by atoms with Crippen molar-refractivity contribution in [1.29, 1.82) is 0 Å². The number of carbonyl (C=O) groups excluding carboxylic acids is 1. The minimum Gasteiger partial charge on any atom is -0.506 e. The molecule has 106 valence electrons. The van der Waals surface area contributed by atoms with Crippen molar-refractivity contribution >= 4 is 5.91 Å². The maximum atomic E-state index is 12.1. The minimum atomic E-state index is -0.344. The number of nitrogens with zero attached hydrogens (tertiary/aromatic N) is 4. The monoisotopic (exact) mass is 276 g/mol. The summed E-state index contributed by atoms with van der Waals surface area (Å²) in [6, 6.07) is 1.01. The molecular weight excluding hydrogens is 260 g/mol. The maximum absolute atomic E-state index is 12.1. The summed E-state index contributed by atoms with van der Waals surface area (Å²) < 4.78 is 0. The Balaban J connectivity index is 2.13. The largest absolute Gasteiger partial charge is 0.506 e.